The molecule has 0 atom stereocenters. The fraction of sp³-hybridized carbons (Fsp3) is 0.500. The highest BCUT2D eigenvalue weighted by atomic mass is 79.9. The zero-order valence-electron chi connectivity index (χ0n) is 10.8. The minimum atomic E-state index is 1.14. The van der Waals surface area contributed by atoms with Gasteiger partial charge in [-0.15, -0.1) is 0 Å². The van der Waals surface area contributed by atoms with Gasteiger partial charge >= 0.3 is 0 Å². The van der Waals surface area contributed by atoms with Crippen molar-refractivity contribution in [3.05, 3.63) is 40.4 Å². The van der Waals surface area contributed by atoms with Crippen LogP contribution in [0.4, 0.5) is 0 Å². The zero-order valence-corrected chi connectivity index (χ0v) is 12.4. The molecular formula is C16H23Br. The molecule has 0 amide bonds. The lowest BCUT2D eigenvalue weighted by Gasteiger charge is -1.98. The molecule has 1 aromatic rings. The minimum Gasteiger partial charge on any atom is -0.0839 e. The summed E-state index contributed by atoms with van der Waals surface area (Å²) in [5.41, 5.74) is 1.29. The van der Waals surface area contributed by atoms with Crippen LogP contribution >= 0.6 is 15.9 Å². The Balaban J connectivity index is 2.08. The Hall–Kier alpha value is -0.560. The molecule has 0 saturated heterocycles. The highest BCUT2D eigenvalue weighted by Crippen LogP contribution is 2.12. The standard InChI is InChI=1S/C16H23Br/c1-2-3-4-5-6-7-8-9-10-15-11-13-16(17)14-12-15/h9-14H,2-8H2,1H3/b10-9+. The fourth-order valence-corrected chi connectivity index (χ4v) is 2.10. The Morgan fingerprint density at radius 2 is 1.59 bits per heavy atom. The van der Waals surface area contributed by atoms with Gasteiger partial charge in [-0.05, 0) is 30.5 Å². The fourth-order valence-electron chi connectivity index (χ4n) is 1.84. The number of allylic oxidation sites excluding steroid dienone is 1. The van der Waals surface area contributed by atoms with Gasteiger partial charge in [0.2, 0.25) is 0 Å². The maximum atomic E-state index is 3.44. The molecule has 0 bridgehead atoms. The first-order valence-corrected chi connectivity index (χ1v) is 7.54. The molecular weight excluding hydrogens is 272 g/mol. The van der Waals surface area contributed by atoms with Gasteiger partial charge in [-0.2, -0.15) is 0 Å². The molecule has 0 aromatic heterocycles. The van der Waals surface area contributed by atoms with Gasteiger partial charge in [0.25, 0.3) is 0 Å². The molecule has 0 radical (unpaired) electrons. The minimum absolute atomic E-state index is 1.14. The Morgan fingerprint density at radius 3 is 2.29 bits per heavy atom. The smallest absolute Gasteiger partial charge is 0.0175 e. The summed E-state index contributed by atoms with van der Waals surface area (Å²) < 4.78 is 1.14. The van der Waals surface area contributed by atoms with Crippen LogP contribution in [0.2, 0.25) is 0 Å². The second-order valence-corrected chi connectivity index (χ2v) is 5.43. The normalized spacial score (nSPS) is 11.2. The monoisotopic (exact) mass is 294 g/mol. The summed E-state index contributed by atoms with van der Waals surface area (Å²) in [6.45, 7) is 2.26. The molecule has 0 aliphatic carbocycles. The summed E-state index contributed by atoms with van der Waals surface area (Å²) in [6.07, 6.45) is 14.0. The van der Waals surface area contributed by atoms with Gasteiger partial charge in [0.15, 0.2) is 0 Å². The maximum absolute atomic E-state index is 3.44. The summed E-state index contributed by atoms with van der Waals surface area (Å²) in [4.78, 5) is 0. The van der Waals surface area contributed by atoms with Crippen LogP contribution in [0.15, 0.2) is 34.8 Å². The molecule has 0 unspecified atom stereocenters. The van der Waals surface area contributed by atoms with Crippen molar-refractivity contribution in [2.75, 3.05) is 0 Å². The predicted octanol–water partition coefficient (Wildman–Crippen LogP) is 6.21. The quantitative estimate of drug-likeness (QED) is 0.500. The van der Waals surface area contributed by atoms with E-state index in [9.17, 15) is 0 Å². The van der Waals surface area contributed by atoms with E-state index in [1.54, 1.807) is 0 Å². The molecule has 0 fully saturated rings. The average Bonchev–Trinajstić information content (AvgIpc) is 2.35. The number of halogens is 1. The molecule has 0 spiro atoms. The Labute approximate surface area is 114 Å². The first-order chi connectivity index (χ1) is 8.33. The molecule has 0 saturated carbocycles. The Bertz CT molecular complexity index is 311. The third-order valence-electron chi connectivity index (χ3n) is 2.90. The van der Waals surface area contributed by atoms with E-state index in [0.717, 1.165) is 4.47 Å². The van der Waals surface area contributed by atoms with Crippen molar-refractivity contribution >= 4 is 22.0 Å². The van der Waals surface area contributed by atoms with Crippen molar-refractivity contribution in [3.8, 4) is 0 Å². The van der Waals surface area contributed by atoms with Gasteiger partial charge in [-0.1, -0.05) is 79.2 Å². The summed E-state index contributed by atoms with van der Waals surface area (Å²) in [5.74, 6) is 0. The average molecular weight is 295 g/mol. The summed E-state index contributed by atoms with van der Waals surface area (Å²) in [6, 6.07) is 8.46. The second kappa shape index (κ2) is 9.47. The third-order valence-corrected chi connectivity index (χ3v) is 3.43. The van der Waals surface area contributed by atoms with Crippen molar-refractivity contribution in [2.24, 2.45) is 0 Å². The SMILES string of the molecule is CCCCCCCC/C=C/c1ccc(Br)cc1. The molecule has 17 heavy (non-hydrogen) atoms. The molecule has 0 N–H and O–H groups in total. The maximum Gasteiger partial charge on any atom is 0.0175 e. The Morgan fingerprint density at radius 1 is 0.941 bits per heavy atom. The molecule has 1 heteroatoms. The second-order valence-electron chi connectivity index (χ2n) is 4.51. The van der Waals surface area contributed by atoms with E-state index < -0.39 is 0 Å². The van der Waals surface area contributed by atoms with Crippen molar-refractivity contribution in [1.82, 2.24) is 0 Å². The van der Waals surface area contributed by atoms with Gasteiger partial charge < -0.3 is 0 Å². The molecule has 0 nitrogen and oxygen atoms in total. The van der Waals surface area contributed by atoms with E-state index in [1.807, 2.05) is 0 Å². The van der Waals surface area contributed by atoms with Crippen LogP contribution in [0.5, 0.6) is 0 Å². The highest BCUT2D eigenvalue weighted by molar-refractivity contribution is 9.10. The summed E-state index contributed by atoms with van der Waals surface area (Å²) in [7, 11) is 0. The van der Waals surface area contributed by atoms with Crippen LogP contribution in [-0.4, -0.2) is 0 Å². The van der Waals surface area contributed by atoms with Crippen molar-refractivity contribution in [1.29, 1.82) is 0 Å². The number of hydrogen-bond donors (Lipinski definition) is 0. The first kappa shape index (κ1) is 14.5. The van der Waals surface area contributed by atoms with Crippen molar-refractivity contribution < 1.29 is 0 Å². The predicted molar refractivity (Wildman–Crippen MR) is 81.2 cm³/mol. The number of rotatable bonds is 8. The molecule has 1 aromatic carbocycles. The van der Waals surface area contributed by atoms with Gasteiger partial charge in [-0.25, -0.2) is 0 Å². The van der Waals surface area contributed by atoms with E-state index in [-0.39, 0.29) is 0 Å². The van der Waals surface area contributed by atoms with Gasteiger partial charge in [0.05, 0.1) is 0 Å². The van der Waals surface area contributed by atoms with Gasteiger partial charge in [0, 0.05) is 4.47 Å². The largest absolute Gasteiger partial charge is 0.0839 e. The molecule has 94 valence electrons. The van der Waals surface area contributed by atoms with E-state index in [1.165, 1.54) is 50.5 Å². The van der Waals surface area contributed by atoms with E-state index in [4.69, 9.17) is 0 Å². The van der Waals surface area contributed by atoms with E-state index in [2.05, 4.69) is 59.3 Å². The van der Waals surface area contributed by atoms with Crippen molar-refractivity contribution in [3.63, 3.8) is 0 Å². The van der Waals surface area contributed by atoms with Crippen LogP contribution in [0.3, 0.4) is 0 Å². The van der Waals surface area contributed by atoms with Crippen LogP contribution < -0.4 is 0 Å². The lowest BCUT2D eigenvalue weighted by Crippen LogP contribution is -1.77. The van der Waals surface area contributed by atoms with Crippen molar-refractivity contribution in [2.45, 2.75) is 51.9 Å². The number of benzene rings is 1. The lowest BCUT2D eigenvalue weighted by molar-refractivity contribution is 0.611. The molecule has 0 heterocycles. The highest BCUT2D eigenvalue weighted by Gasteiger charge is 1.89. The molecule has 1 rings (SSSR count). The van der Waals surface area contributed by atoms with Gasteiger partial charge in [0.1, 0.15) is 0 Å². The topological polar surface area (TPSA) is 0 Å². The van der Waals surface area contributed by atoms with Crippen LogP contribution in [0.1, 0.15) is 57.4 Å². The molecule has 0 aliphatic rings. The zero-order chi connectivity index (χ0) is 12.3. The van der Waals surface area contributed by atoms with E-state index in [0.29, 0.717) is 0 Å². The van der Waals surface area contributed by atoms with Crippen LogP contribution in [0, 0.1) is 0 Å². The van der Waals surface area contributed by atoms with Crippen LogP contribution in [-0.2, 0) is 0 Å². The van der Waals surface area contributed by atoms with E-state index >= 15 is 0 Å². The summed E-state index contributed by atoms with van der Waals surface area (Å²) in [5, 5.41) is 0. The Kier molecular flexibility index (Phi) is 8.08. The third kappa shape index (κ3) is 7.38. The number of unbranched alkanes of at least 4 members (excludes halogenated alkanes) is 6. The molecule has 0 aliphatic heterocycles. The van der Waals surface area contributed by atoms with Crippen LogP contribution in [0.25, 0.3) is 6.08 Å². The summed E-state index contributed by atoms with van der Waals surface area (Å²) >= 11 is 3.44. The first-order valence-electron chi connectivity index (χ1n) is 6.75. The van der Waals surface area contributed by atoms with Gasteiger partial charge in [-0.3, -0.25) is 0 Å². The number of hydrogen-bond acceptors (Lipinski definition) is 0. The lowest BCUT2D eigenvalue weighted by atomic mass is 10.1.